The van der Waals surface area contributed by atoms with E-state index in [1.54, 1.807) is 0 Å². The average molecular weight is 209 g/mol. The van der Waals surface area contributed by atoms with Gasteiger partial charge in [0.2, 0.25) is 0 Å². The number of aromatic amines is 1. The predicted octanol–water partition coefficient (Wildman–Crippen LogP) is 2.63. The molecule has 3 heteroatoms. The molecule has 0 saturated heterocycles. The fourth-order valence-corrected chi connectivity index (χ4v) is 2.15. The molecule has 0 aliphatic heterocycles. The molecule has 2 nitrogen and oxygen atoms in total. The zero-order valence-corrected chi connectivity index (χ0v) is 8.86. The maximum atomic E-state index is 6.11. The monoisotopic (exact) mass is 208 g/mol. The Morgan fingerprint density at radius 3 is 2.93 bits per heavy atom. The molecule has 0 bridgehead atoms. The van der Waals surface area contributed by atoms with Crippen molar-refractivity contribution in [2.24, 2.45) is 5.73 Å². The molecule has 1 heterocycles. The highest BCUT2D eigenvalue weighted by molar-refractivity contribution is 6.31. The molecule has 0 saturated carbocycles. The van der Waals surface area contributed by atoms with Crippen molar-refractivity contribution in [1.82, 2.24) is 4.98 Å². The van der Waals surface area contributed by atoms with Crippen LogP contribution >= 0.6 is 11.6 Å². The van der Waals surface area contributed by atoms with E-state index in [4.69, 9.17) is 17.3 Å². The van der Waals surface area contributed by atoms with Gasteiger partial charge in [0.15, 0.2) is 0 Å². The van der Waals surface area contributed by atoms with Crippen LogP contribution in [0.3, 0.4) is 0 Å². The van der Waals surface area contributed by atoms with Crippen LogP contribution in [-0.4, -0.2) is 11.5 Å². The Bertz CT molecular complexity index is 460. The third-order valence-electron chi connectivity index (χ3n) is 2.48. The van der Waals surface area contributed by atoms with E-state index < -0.39 is 0 Å². The zero-order valence-electron chi connectivity index (χ0n) is 8.10. The lowest BCUT2D eigenvalue weighted by Gasteiger charge is -2.00. The Morgan fingerprint density at radius 1 is 1.43 bits per heavy atom. The van der Waals surface area contributed by atoms with Crippen LogP contribution in [0.2, 0.25) is 5.15 Å². The highest BCUT2D eigenvalue weighted by atomic mass is 35.5. The van der Waals surface area contributed by atoms with Gasteiger partial charge in [-0.1, -0.05) is 23.7 Å². The van der Waals surface area contributed by atoms with E-state index in [2.05, 4.69) is 18.0 Å². The minimum Gasteiger partial charge on any atom is -0.345 e. The summed E-state index contributed by atoms with van der Waals surface area (Å²) < 4.78 is 0. The first-order valence-electron chi connectivity index (χ1n) is 4.69. The van der Waals surface area contributed by atoms with Crippen molar-refractivity contribution in [3.8, 4) is 0 Å². The van der Waals surface area contributed by atoms with E-state index >= 15 is 0 Å². The number of aryl methyl sites for hydroxylation is 1. The van der Waals surface area contributed by atoms with E-state index in [0.29, 0.717) is 6.54 Å². The molecule has 14 heavy (non-hydrogen) atoms. The molecule has 1 aromatic heterocycles. The van der Waals surface area contributed by atoms with Crippen LogP contribution < -0.4 is 5.73 Å². The van der Waals surface area contributed by atoms with Crippen molar-refractivity contribution >= 4 is 22.5 Å². The highest BCUT2D eigenvalue weighted by Crippen LogP contribution is 2.28. The van der Waals surface area contributed by atoms with Crippen LogP contribution in [0.25, 0.3) is 10.9 Å². The SMILES string of the molecule is Cc1cccc2[nH]c(Cl)c(CCN)c12. The fraction of sp³-hybridized carbons (Fsp3) is 0.273. The number of halogens is 1. The summed E-state index contributed by atoms with van der Waals surface area (Å²) in [6.07, 6.45) is 0.823. The Morgan fingerprint density at radius 2 is 2.21 bits per heavy atom. The molecule has 74 valence electrons. The second-order valence-electron chi connectivity index (χ2n) is 3.45. The van der Waals surface area contributed by atoms with E-state index in [0.717, 1.165) is 22.7 Å². The van der Waals surface area contributed by atoms with Crippen molar-refractivity contribution in [1.29, 1.82) is 0 Å². The summed E-state index contributed by atoms with van der Waals surface area (Å²) in [6, 6.07) is 6.15. The fourth-order valence-electron chi connectivity index (χ4n) is 1.85. The Kier molecular flexibility index (Phi) is 2.48. The molecule has 0 spiro atoms. The van der Waals surface area contributed by atoms with Crippen molar-refractivity contribution in [2.75, 3.05) is 6.54 Å². The second kappa shape index (κ2) is 3.64. The first-order chi connectivity index (χ1) is 6.74. The molecular weight excluding hydrogens is 196 g/mol. The molecule has 0 fully saturated rings. The van der Waals surface area contributed by atoms with Crippen molar-refractivity contribution in [3.05, 3.63) is 34.5 Å². The number of aromatic nitrogens is 1. The molecule has 2 aromatic rings. The number of nitrogens with one attached hydrogen (secondary N) is 1. The quantitative estimate of drug-likeness (QED) is 0.783. The Balaban J connectivity index is 2.73. The molecule has 0 amide bonds. The van der Waals surface area contributed by atoms with Crippen LogP contribution in [-0.2, 0) is 6.42 Å². The highest BCUT2D eigenvalue weighted by Gasteiger charge is 2.10. The largest absolute Gasteiger partial charge is 0.345 e. The molecule has 1 aromatic carbocycles. The third kappa shape index (κ3) is 1.41. The van der Waals surface area contributed by atoms with Crippen LogP contribution in [0.5, 0.6) is 0 Å². The maximum Gasteiger partial charge on any atom is 0.110 e. The van der Waals surface area contributed by atoms with Gasteiger partial charge in [-0.3, -0.25) is 0 Å². The van der Waals surface area contributed by atoms with E-state index in [1.807, 2.05) is 12.1 Å². The molecule has 3 N–H and O–H groups in total. The average Bonchev–Trinajstić information content (AvgIpc) is 2.45. The molecular formula is C11H13ClN2. The Hall–Kier alpha value is -0.990. The molecule has 0 radical (unpaired) electrons. The van der Waals surface area contributed by atoms with Crippen molar-refractivity contribution in [2.45, 2.75) is 13.3 Å². The van der Waals surface area contributed by atoms with Crippen LogP contribution in [0.1, 0.15) is 11.1 Å². The number of benzene rings is 1. The van der Waals surface area contributed by atoms with E-state index in [9.17, 15) is 0 Å². The van der Waals surface area contributed by atoms with Crippen LogP contribution in [0, 0.1) is 6.92 Å². The zero-order chi connectivity index (χ0) is 10.1. The van der Waals surface area contributed by atoms with E-state index in [1.165, 1.54) is 10.9 Å². The third-order valence-corrected chi connectivity index (χ3v) is 2.80. The van der Waals surface area contributed by atoms with Gasteiger partial charge in [-0.05, 0) is 37.1 Å². The van der Waals surface area contributed by atoms with Crippen molar-refractivity contribution < 1.29 is 0 Å². The van der Waals surface area contributed by atoms with E-state index in [-0.39, 0.29) is 0 Å². The summed E-state index contributed by atoms with van der Waals surface area (Å²) in [5.41, 5.74) is 9.04. The lowest BCUT2D eigenvalue weighted by atomic mass is 10.1. The van der Waals surface area contributed by atoms with Crippen LogP contribution in [0.15, 0.2) is 18.2 Å². The first kappa shape index (κ1) is 9.56. The van der Waals surface area contributed by atoms with Gasteiger partial charge < -0.3 is 10.7 Å². The second-order valence-corrected chi connectivity index (χ2v) is 3.83. The minimum atomic E-state index is 0.626. The summed E-state index contributed by atoms with van der Waals surface area (Å²) in [5.74, 6) is 0. The Labute approximate surface area is 88.1 Å². The lowest BCUT2D eigenvalue weighted by molar-refractivity contribution is 0.976. The summed E-state index contributed by atoms with van der Waals surface area (Å²) >= 11 is 6.11. The topological polar surface area (TPSA) is 41.8 Å². The van der Waals surface area contributed by atoms with Gasteiger partial charge in [-0.25, -0.2) is 0 Å². The van der Waals surface area contributed by atoms with Gasteiger partial charge in [-0.2, -0.15) is 0 Å². The number of H-pyrrole nitrogens is 1. The number of hydrogen-bond acceptors (Lipinski definition) is 1. The summed E-state index contributed by atoms with van der Waals surface area (Å²) in [6.45, 7) is 2.72. The van der Waals surface area contributed by atoms with Crippen molar-refractivity contribution in [3.63, 3.8) is 0 Å². The van der Waals surface area contributed by atoms with Gasteiger partial charge in [0, 0.05) is 10.9 Å². The lowest BCUT2D eigenvalue weighted by Crippen LogP contribution is -2.02. The van der Waals surface area contributed by atoms with Gasteiger partial charge in [-0.15, -0.1) is 0 Å². The van der Waals surface area contributed by atoms with Gasteiger partial charge in [0.25, 0.3) is 0 Å². The number of nitrogens with two attached hydrogens (primary N) is 1. The summed E-state index contributed by atoms with van der Waals surface area (Å²) in [4.78, 5) is 3.16. The number of rotatable bonds is 2. The number of fused-ring (bicyclic) bond motifs is 1. The summed E-state index contributed by atoms with van der Waals surface area (Å²) in [5, 5.41) is 1.95. The molecule has 0 unspecified atom stereocenters. The maximum absolute atomic E-state index is 6.11. The predicted molar refractivity (Wildman–Crippen MR) is 60.8 cm³/mol. The van der Waals surface area contributed by atoms with Gasteiger partial charge >= 0.3 is 0 Å². The summed E-state index contributed by atoms with van der Waals surface area (Å²) in [7, 11) is 0. The molecule has 0 atom stereocenters. The smallest absolute Gasteiger partial charge is 0.110 e. The number of hydrogen-bond donors (Lipinski definition) is 2. The van der Waals surface area contributed by atoms with Crippen LogP contribution in [0.4, 0.5) is 0 Å². The van der Waals surface area contributed by atoms with Gasteiger partial charge in [0.05, 0.1) is 0 Å². The minimum absolute atomic E-state index is 0.626. The van der Waals surface area contributed by atoms with Gasteiger partial charge in [0.1, 0.15) is 5.15 Å². The standard InChI is InChI=1S/C11H13ClN2/c1-7-3-2-4-9-10(7)8(5-6-13)11(12)14-9/h2-4,14H,5-6,13H2,1H3. The molecule has 2 rings (SSSR count). The molecule has 0 aliphatic carbocycles. The first-order valence-corrected chi connectivity index (χ1v) is 5.07. The normalized spacial score (nSPS) is 11.1. The molecule has 0 aliphatic rings.